The van der Waals surface area contributed by atoms with Gasteiger partial charge in [-0.1, -0.05) is 206 Å². The fraction of sp³-hybridized carbons (Fsp3) is 0.973. The van der Waals surface area contributed by atoms with Gasteiger partial charge in [-0.05, 0) is 12.8 Å². The van der Waals surface area contributed by atoms with Crippen LogP contribution in [0.25, 0.3) is 0 Å². The number of hydrogen-bond donors (Lipinski definition) is 1. The lowest BCUT2D eigenvalue weighted by atomic mass is 9.96. The second-order valence-corrected chi connectivity index (χ2v) is 13.1. The summed E-state index contributed by atoms with van der Waals surface area (Å²) in [5.74, 6) is 0. The first-order valence-electron chi connectivity index (χ1n) is 18.7. The van der Waals surface area contributed by atoms with Gasteiger partial charge in [0.25, 0.3) is 0 Å². The second kappa shape index (κ2) is 30.4. The monoisotopic (exact) mass is 547 g/mol. The van der Waals surface area contributed by atoms with Crippen molar-refractivity contribution in [3.05, 3.63) is 0 Å². The minimum Gasteiger partial charge on any atom is -0.372 e. The molecule has 0 saturated carbocycles. The van der Waals surface area contributed by atoms with Crippen molar-refractivity contribution < 1.29 is 0 Å². The lowest BCUT2D eigenvalue weighted by molar-refractivity contribution is 0.428. The van der Waals surface area contributed by atoms with Gasteiger partial charge >= 0.3 is 0 Å². The van der Waals surface area contributed by atoms with Crippen LogP contribution < -0.4 is 5.32 Å². The Balaban J connectivity index is 1.80. The Morgan fingerprint density at radius 3 is 1.00 bits per heavy atom. The third kappa shape index (κ3) is 24.9. The molecule has 1 aliphatic heterocycles. The van der Waals surface area contributed by atoms with Gasteiger partial charge in [0.1, 0.15) is 0 Å². The van der Waals surface area contributed by atoms with Crippen LogP contribution in [0.4, 0.5) is 0 Å². The van der Waals surface area contributed by atoms with E-state index in [0.717, 1.165) is 0 Å². The zero-order valence-corrected chi connectivity index (χ0v) is 27.3. The highest BCUT2D eigenvalue weighted by Crippen LogP contribution is 2.20. The molecule has 0 radical (unpaired) electrons. The van der Waals surface area contributed by atoms with E-state index in [0.29, 0.717) is 12.1 Å². The number of rotatable bonds is 32. The smallest absolute Gasteiger partial charge is 0.0831 e. The molecule has 0 saturated heterocycles. The van der Waals surface area contributed by atoms with Crippen LogP contribution >= 0.6 is 0 Å². The highest BCUT2D eigenvalue weighted by atomic mass is 15.1. The molecular formula is C37H74N2. The lowest BCUT2D eigenvalue weighted by Gasteiger charge is -2.18. The topological polar surface area (TPSA) is 24.4 Å². The quantitative estimate of drug-likeness (QED) is 0.0833. The molecule has 232 valence electrons. The Morgan fingerprint density at radius 1 is 0.385 bits per heavy atom. The van der Waals surface area contributed by atoms with Gasteiger partial charge in [-0.25, -0.2) is 0 Å². The molecule has 0 aromatic rings. The first kappa shape index (κ1) is 36.5. The summed E-state index contributed by atoms with van der Waals surface area (Å²) in [6.07, 6.45) is 48.0. The molecule has 2 heteroatoms. The van der Waals surface area contributed by atoms with Crippen molar-refractivity contribution in [3.63, 3.8) is 0 Å². The van der Waals surface area contributed by atoms with Crippen molar-refractivity contribution in [2.24, 2.45) is 4.99 Å². The highest BCUT2D eigenvalue weighted by molar-refractivity contribution is 5.58. The molecule has 0 fully saturated rings. The van der Waals surface area contributed by atoms with Gasteiger partial charge in [0.2, 0.25) is 0 Å². The van der Waals surface area contributed by atoms with Crippen molar-refractivity contribution in [2.45, 2.75) is 231 Å². The zero-order valence-electron chi connectivity index (χ0n) is 27.3. The second-order valence-electron chi connectivity index (χ2n) is 13.1. The molecule has 0 aromatic heterocycles. The van der Waals surface area contributed by atoms with E-state index >= 15 is 0 Å². The third-order valence-electron chi connectivity index (χ3n) is 9.24. The highest BCUT2D eigenvalue weighted by Gasteiger charge is 2.22. The molecule has 2 atom stereocenters. The molecule has 1 rings (SSSR count). The number of unbranched alkanes of at least 4 members (excludes halogenated alkanes) is 28. The molecule has 2 nitrogen and oxygen atoms in total. The molecule has 0 amide bonds. The normalized spacial score (nSPS) is 16.8. The molecule has 0 aromatic carbocycles. The Labute approximate surface area is 247 Å². The summed E-state index contributed by atoms with van der Waals surface area (Å²) < 4.78 is 0. The van der Waals surface area contributed by atoms with Crippen LogP contribution in [0.5, 0.6) is 0 Å². The lowest BCUT2D eigenvalue weighted by Crippen LogP contribution is -2.31. The van der Waals surface area contributed by atoms with Crippen LogP contribution in [0.3, 0.4) is 0 Å². The van der Waals surface area contributed by atoms with E-state index in [4.69, 9.17) is 4.99 Å². The van der Waals surface area contributed by atoms with Crippen molar-refractivity contribution >= 4 is 6.34 Å². The average Bonchev–Trinajstić information content (AvgIpc) is 3.40. The van der Waals surface area contributed by atoms with Crippen LogP contribution in [0, 0.1) is 0 Å². The van der Waals surface area contributed by atoms with Gasteiger partial charge < -0.3 is 5.32 Å². The van der Waals surface area contributed by atoms with E-state index < -0.39 is 0 Å². The molecule has 1 heterocycles. The molecular weight excluding hydrogens is 472 g/mol. The average molecular weight is 547 g/mol. The van der Waals surface area contributed by atoms with Crippen molar-refractivity contribution in [3.8, 4) is 0 Å². The van der Waals surface area contributed by atoms with Crippen molar-refractivity contribution in [1.29, 1.82) is 0 Å². The maximum absolute atomic E-state index is 4.77. The van der Waals surface area contributed by atoms with E-state index in [2.05, 4.69) is 19.2 Å². The maximum Gasteiger partial charge on any atom is 0.0831 e. The summed E-state index contributed by atoms with van der Waals surface area (Å²) in [5.41, 5.74) is 0. The van der Waals surface area contributed by atoms with E-state index in [1.165, 1.54) is 205 Å². The fourth-order valence-corrected chi connectivity index (χ4v) is 6.46. The largest absolute Gasteiger partial charge is 0.372 e. The molecule has 1 aliphatic rings. The maximum atomic E-state index is 4.77. The van der Waals surface area contributed by atoms with Gasteiger partial charge in [0.05, 0.1) is 12.4 Å². The number of hydrogen-bond acceptors (Lipinski definition) is 2. The van der Waals surface area contributed by atoms with Crippen LogP contribution in [0.15, 0.2) is 4.99 Å². The van der Waals surface area contributed by atoms with E-state index in [1.807, 2.05) is 6.34 Å². The van der Waals surface area contributed by atoms with Crippen LogP contribution in [0.1, 0.15) is 219 Å². The number of nitrogens with one attached hydrogen (secondary N) is 1. The van der Waals surface area contributed by atoms with Crippen LogP contribution in [0.2, 0.25) is 0 Å². The van der Waals surface area contributed by atoms with E-state index in [1.54, 1.807) is 0 Å². The summed E-state index contributed by atoms with van der Waals surface area (Å²) in [6.45, 7) is 4.61. The molecule has 0 bridgehead atoms. The molecule has 0 aliphatic carbocycles. The first-order chi connectivity index (χ1) is 19.4. The molecule has 2 unspecified atom stereocenters. The van der Waals surface area contributed by atoms with E-state index in [9.17, 15) is 0 Å². The summed E-state index contributed by atoms with van der Waals surface area (Å²) in [5, 5.41) is 3.57. The Hall–Kier alpha value is -0.530. The fourth-order valence-electron chi connectivity index (χ4n) is 6.46. The van der Waals surface area contributed by atoms with Gasteiger partial charge in [-0.2, -0.15) is 0 Å². The van der Waals surface area contributed by atoms with Gasteiger partial charge in [0.15, 0.2) is 0 Å². The van der Waals surface area contributed by atoms with Crippen LogP contribution in [-0.4, -0.2) is 18.4 Å². The Bertz CT molecular complexity index is 488. The predicted molar refractivity (Wildman–Crippen MR) is 178 cm³/mol. The SMILES string of the molecule is CCCCCCCCCCCCCCCCCC1N=CNC1CCCCCCCCCCCCCCCCC. The Morgan fingerprint density at radius 2 is 0.667 bits per heavy atom. The van der Waals surface area contributed by atoms with Crippen LogP contribution in [-0.2, 0) is 0 Å². The van der Waals surface area contributed by atoms with Crippen molar-refractivity contribution in [1.82, 2.24) is 5.32 Å². The minimum absolute atomic E-state index is 0.554. The predicted octanol–water partition coefficient (Wildman–Crippen LogP) is 12.9. The zero-order chi connectivity index (χ0) is 27.9. The summed E-state index contributed by atoms with van der Waals surface area (Å²) in [4.78, 5) is 4.77. The standard InChI is InChI=1S/C37H74N2/c1-3-5-7-9-11-13-15-17-19-21-23-25-27-29-31-33-36-37(39-35-38-36)34-32-30-28-26-24-22-20-18-16-14-12-10-8-6-4-2/h35-37H,3-34H2,1-2H3,(H,38,39). The molecule has 39 heavy (non-hydrogen) atoms. The van der Waals surface area contributed by atoms with Gasteiger partial charge in [-0.3, -0.25) is 4.99 Å². The van der Waals surface area contributed by atoms with Crippen molar-refractivity contribution in [2.75, 3.05) is 0 Å². The molecule has 0 spiro atoms. The molecule has 1 N–H and O–H groups in total. The Kier molecular flexibility index (Phi) is 28.5. The summed E-state index contributed by atoms with van der Waals surface area (Å²) in [7, 11) is 0. The van der Waals surface area contributed by atoms with Gasteiger partial charge in [0, 0.05) is 6.04 Å². The minimum atomic E-state index is 0.554. The number of aliphatic imine (C=N–C) groups is 1. The summed E-state index contributed by atoms with van der Waals surface area (Å²) >= 11 is 0. The third-order valence-corrected chi connectivity index (χ3v) is 9.24. The van der Waals surface area contributed by atoms with E-state index in [-0.39, 0.29) is 0 Å². The summed E-state index contributed by atoms with van der Waals surface area (Å²) in [6, 6.07) is 1.18. The van der Waals surface area contributed by atoms with Gasteiger partial charge in [-0.15, -0.1) is 0 Å². The first-order valence-corrected chi connectivity index (χ1v) is 18.7. The number of nitrogens with zero attached hydrogens (tertiary/aromatic N) is 1.